The van der Waals surface area contributed by atoms with Crippen molar-refractivity contribution >= 4 is 39.7 Å². The van der Waals surface area contributed by atoms with E-state index in [-0.39, 0.29) is 23.9 Å². The minimum absolute atomic E-state index is 0. The van der Waals surface area contributed by atoms with Gasteiger partial charge in [0.2, 0.25) is 11.7 Å². The van der Waals surface area contributed by atoms with Crippen molar-refractivity contribution in [1.82, 2.24) is 15.0 Å². The van der Waals surface area contributed by atoms with Crippen molar-refractivity contribution in [3.63, 3.8) is 0 Å². The molecule has 1 saturated heterocycles. The van der Waals surface area contributed by atoms with E-state index in [1.165, 1.54) is 0 Å². The van der Waals surface area contributed by atoms with E-state index < -0.39 is 0 Å². The van der Waals surface area contributed by atoms with E-state index >= 15 is 0 Å². The summed E-state index contributed by atoms with van der Waals surface area (Å²) < 4.78 is 6.45. The average Bonchev–Trinajstić information content (AvgIpc) is 3.02. The van der Waals surface area contributed by atoms with Crippen LogP contribution in [0.4, 0.5) is 0 Å². The number of likely N-dealkylation sites (tertiary alicyclic amines) is 1. The van der Waals surface area contributed by atoms with E-state index in [4.69, 9.17) is 10.3 Å². The van der Waals surface area contributed by atoms with Crippen LogP contribution in [0.25, 0.3) is 10.7 Å². The molecule has 1 atom stereocenters. The highest BCUT2D eigenvalue weighted by molar-refractivity contribution is 9.11. The minimum atomic E-state index is 0. The number of nitrogens with two attached hydrogens (primary N) is 1. The zero-order valence-electron chi connectivity index (χ0n) is 12.6. The lowest BCUT2D eigenvalue weighted by atomic mass is 9.80. The van der Waals surface area contributed by atoms with Crippen molar-refractivity contribution in [2.75, 3.05) is 13.1 Å². The van der Waals surface area contributed by atoms with E-state index in [1.54, 1.807) is 11.3 Å². The Balaban J connectivity index is 0.00000176. The van der Waals surface area contributed by atoms with E-state index in [0.717, 1.165) is 28.2 Å². The summed E-state index contributed by atoms with van der Waals surface area (Å²) in [5.74, 6) is 1.33. The molecule has 0 saturated carbocycles. The normalized spacial score (nSPS) is 21.5. The quantitative estimate of drug-likeness (QED) is 0.843. The molecule has 1 aliphatic rings. The SMILES string of the molecule is CC1(C)CN(Cc2nc(-c3ccc(Br)s3)no2)CCC1N.Cl. The standard InChI is InChI=1S/C14H19BrN4OS.ClH/c1-14(2)8-19(6-5-10(14)16)7-12-17-13(18-20-12)9-3-4-11(15)21-9;/h3-4,10H,5-8,16H2,1-2H3;1H. The second-order valence-electron chi connectivity index (χ2n) is 6.21. The molecule has 3 rings (SSSR count). The smallest absolute Gasteiger partial charge is 0.241 e. The van der Waals surface area contributed by atoms with Gasteiger partial charge in [-0.15, -0.1) is 23.7 Å². The molecule has 0 radical (unpaired) electrons. The number of aromatic nitrogens is 2. The summed E-state index contributed by atoms with van der Waals surface area (Å²) in [6, 6.07) is 4.24. The Bertz CT molecular complexity index is 630. The molecule has 2 aromatic rings. The fourth-order valence-electron chi connectivity index (χ4n) is 2.66. The van der Waals surface area contributed by atoms with Crippen LogP contribution in [0, 0.1) is 5.41 Å². The number of nitrogens with zero attached hydrogens (tertiary/aromatic N) is 3. The van der Waals surface area contributed by atoms with Gasteiger partial charge in [-0.05, 0) is 39.9 Å². The Morgan fingerprint density at radius 1 is 1.50 bits per heavy atom. The first-order valence-corrected chi connectivity index (χ1v) is 8.61. The van der Waals surface area contributed by atoms with Gasteiger partial charge in [-0.25, -0.2) is 0 Å². The Morgan fingerprint density at radius 2 is 2.27 bits per heavy atom. The highest BCUT2D eigenvalue weighted by atomic mass is 79.9. The van der Waals surface area contributed by atoms with Crippen LogP contribution in [0.5, 0.6) is 0 Å². The van der Waals surface area contributed by atoms with Gasteiger partial charge in [0.25, 0.3) is 0 Å². The molecule has 8 heteroatoms. The monoisotopic (exact) mass is 406 g/mol. The summed E-state index contributed by atoms with van der Waals surface area (Å²) >= 11 is 5.05. The van der Waals surface area contributed by atoms with Gasteiger partial charge in [0.15, 0.2) is 0 Å². The van der Waals surface area contributed by atoms with Gasteiger partial charge in [-0.2, -0.15) is 4.98 Å². The summed E-state index contributed by atoms with van der Waals surface area (Å²) in [6.45, 7) is 7.05. The number of thiophene rings is 1. The maximum absolute atomic E-state index is 6.17. The summed E-state index contributed by atoms with van der Waals surface area (Å²) in [6.07, 6.45) is 1.01. The molecular formula is C14H20BrClN4OS. The van der Waals surface area contributed by atoms with Crippen molar-refractivity contribution in [3.8, 4) is 10.7 Å². The molecule has 1 fully saturated rings. The molecule has 1 aliphatic heterocycles. The van der Waals surface area contributed by atoms with Gasteiger partial charge in [-0.1, -0.05) is 19.0 Å². The predicted molar refractivity (Wildman–Crippen MR) is 94.2 cm³/mol. The maximum atomic E-state index is 6.17. The Labute approximate surface area is 148 Å². The van der Waals surface area contributed by atoms with Crippen molar-refractivity contribution in [1.29, 1.82) is 0 Å². The molecule has 2 aromatic heterocycles. The molecular weight excluding hydrogens is 388 g/mol. The third-order valence-corrected chi connectivity index (χ3v) is 5.63. The van der Waals surface area contributed by atoms with Crippen molar-refractivity contribution < 1.29 is 4.52 Å². The molecule has 0 aromatic carbocycles. The molecule has 0 aliphatic carbocycles. The third-order valence-electron chi connectivity index (χ3n) is 4.01. The van der Waals surface area contributed by atoms with Crippen LogP contribution in [0.3, 0.4) is 0 Å². The summed E-state index contributed by atoms with van der Waals surface area (Å²) in [5, 5.41) is 4.07. The zero-order valence-corrected chi connectivity index (χ0v) is 15.8. The number of halogens is 2. The van der Waals surface area contributed by atoms with Crippen LogP contribution < -0.4 is 5.73 Å². The molecule has 0 bridgehead atoms. The van der Waals surface area contributed by atoms with Crippen LogP contribution in [0.15, 0.2) is 20.4 Å². The van der Waals surface area contributed by atoms with Gasteiger partial charge in [0.05, 0.1) is 15.2 Å². The lowest BCUT2D eigenvalue weighted by Gasteiger charge is -2.42. The summed E-state index contributed by atoms with van der Waals surface area (Å²) in [4.78, 5) is 7.84. The van der Waals surface area contributed by atoms with Gasteiger partial charge in [-0.3, -0.25) is 4.90 Å². The number of rotatable bonds is 3. The molecule has 3 heterocycles. The summed E-state index contributed by atoms with van der Waals surface area (Å²) in [7, 11) is 0. The fraction of sp³-hybridized carbons (Fsp3) is 0.571. The topological polar surface area (TPSA) is 68.2 Å². The highest BCUT2D eigenvalue weighted by Gasteiger charge is 2.33. The molecule has 1 unspecified atom stereocenters. The Kier molecular flexibility index (Phi) is 5.66. The Morgan fingerprint density at radius 3 is 2.91 bits per heavy atom. The van der Waals surface area contributed by atoms with Crippen LogP contribution in [0.1, 0.15) is 26.2 Å². The second kappa shape index (κ2) is 6.97. The molecule has 5 nitrogen and oxygen atoms in total. The van der Waals surface area contributed by atoms with Crippen LogP contribution in [0.2, 0.25) is 0 Å². The van der Waals surface area contributed by atoms with Crippen LogP contribution in [-0.2, 0) is 6.54 Å². The van der Waals surface area contributed by atoms with E-state index in [1.807, 2.05) is 12.1 Å². The van der Waals surface area contributed by atoms with Gasteiger partial charge in [0.1, 0.15) is 0 Å². The Hall–Kier alpha value is -0.470. The highest BCUT2D eigenvalue weighted by Crippen LogP contribution is 2.30. The van der Waals surface area contributed by atoms with Gasteiger partial charge >= 0.3 is 0 Å². The first-order chi connectivity index (χ1) is 9.94. The molecule has 22 heavy (non-hydrogen) atoms. The van der Waals surface area contributed by atoms with Crippen LogP contribution >= 0.6 is 39.7 Å². The van der Waals surface area contributed by atoms with Crippen molar-refractivity contribution in [3.05, 3.63) is 21.8 Å². The maximum Gasteiger partial charge on any atom is 0.241 e. The van der Waals surface area contributed by atoms with Crippen LogP contribution in [-0.4, -0.2) is 34.2 Å². The van der Waals surface area contributed by atoms with E-state index in [0.29, 0.717) is 18.3 Å². The molecule has 122 valence electrons. The molecule has 0 amide bonds. The molecule has 0 spiro atoms. The minimum Gasteiger partial charge on any atom is -0.338 e. The van der Waals surface area contributed by atoms with Crippen molar-refractivity contribution in [2.45, 2.75) is 32.9 Å². The average molecular weight is 408 g/mol. The first kappa shape index (κ1) is 17.9. The van der Waals surface area contributed by atoms with Gasteiger partial charge < -0.3 is 10.3 Å². The number of hydrogen-bond acceptors (Lipinski definition) is 6. The lowest BCUT2D eigenvalue weighted by molar-refractivity contribution is 0.0811. The second-order valence-corrected chi connectivity index (χ2v) is 8.67. The predicted octanol–water partition coefficient (Wildman–Crippen LogP) is 3.54. The van der Waals surface area contributed by atoms with Gasteiger partial charge in [0, 0.05) is 19.1 Å². The number of piperidine rings is 1. The van der Waals surface area contributed by atoms with E-state index in [9.17, 15) is 0 Å². The molecule has 2 N–H and O–H groups in total. The zero-order chi connectivity index (χ0) is 15.0. The third kappa shape index (κ3) is 3.89. The fourth-order valence-corrected chi connectivity index (χ4v) is 3.98. The number of hydrogen-bond donors (Lipinski definition) is 1. The van der Waals surface area contributed by atoms with Crippen molar-refractivity contribution in [2.24, 2.45) is 11.1 Å². The summed E-state index contributed by atoms with van der Waals surface area (Å²) in [5.41, 5.74) is 6.29. The lowest BCUT2D eigenvalue weighted by Crippen LogP contribution is -2.52. The van der Waals surface area contributed by atoms with E-state index in [2.05, 4.69) is 44.8 Å². The largest absolute Gasteiger partial charge is 0.338 e. The first-order valence-electron chi connectivity index (χ1n) is 7.00.